The van der Waals surface area contributed by atoms with Gasteiger partial charge in [0, 0.05) is 0 Å². The van der Waals surface area contributed by atoms with Crippen LogP contribution in [-0.4, -0.2) is 35.2 Å². The summed E-state index contributed by atoms with van der Waals surface area (Å²) in [6.07, 6.45) is 9.59. The minimum absolute atomic E-state index is 0.597. The summed E-state index contributed by atoms with van der Waals surface area (Å²) in [5.74, 6) is 0. The van der Waals surface area contributed by atoms with E-state index < -0.39 is 25.4 Å². The van der Waals surface area contributed by atoms with Crippen molar-refractivity contribution in [3.63, 3.8) is 0 Å². The molecule has 0 N–H and O–H groups in total. The largest absolute Gasteiger partial charge is 0.436 e. The van der Waals surface area contributed by atoms with Gasteiger partial charge in [0.25, 0.3) is 0 Å². The second-order valence-electron chi connectivity index (χ2n) is 9.45. The zero-order valence-electron chi connectivity index (χ0n) is 22.5. The third-order valence-electron chi connectivity index (χ3n) is 6.03. The molecule has 2 radical (unpaired) electrons. The first-order valence-corrected chi connectivity index (χ1v) is 21.8. The van der Waals surface area contributed by atoms with Crippen molar-refractivity contribution in [1.29, 1.82) is 0 Å². The Morgan fingerprint density at radius 3 is 1.19 bits per heavy atom. The summed E-state index contributed by atoms with van der Waals surface area (Å²) in [7, 11) is -5.74. The molecule has 0 rings (SSSR count). The zero-order chi connectivity index (χ0) is 23.6. The first-order valence-electron chi connectivity index (χ1n) is 13.7. The predicted molar refractivity (Wildman–Crippen MR) is 147 cm³/mol. The molecule has 0 atom stereocenters. The van der Waals surface area contributed by atoms with Crippen molar-refractivity contribution in [1.82, 2.24) is 0 Å². The van der Waals surface area contributed by atoms with E-state index in [2.05, 4.69) is 55.4 Å². The highest BCUT2D eigenvalue weighted by Gasteiger charge is 2.51. The fourth-order valence-corrected chi connectivity index (χ4v) is 25.3. The summed E-state index contributed by atoms with van der Waals surface area (Å²) in [4.78, 5) is 0. The van der Waals surface area contributed by atoms with Crippen molar-refractivity contribution in [3.8, 4) is 0 Å². The molecular weight excluding hydrogens is 449 g/mol. The van der Waals surface area contributed by atoms with Gasteiger partial charge in [0.05, 0.1) is 0 Å². The van der Waals surface area contributed by atoms with Gasteiger partial charge in [-0.25, -0.2) is 0 Å². The average Bonchev–Trinajstić information content (AvgIpc) is 2.69. The van der Waals surface area contributed by atoms with Crippen molar-refractivity contribution in [2.45, 2.75) is 155 Å². The van der Waals surface area contributed by atoms with Gasteiger partial charge in [-0.3, -0.25) is 0 Å². The molecule has 0 heterocycles. The summed E-state index contributed by atoms with van der Waals surface area (Å²) in [6, 6.07) is 9.63. The fraction of sp³-hybridized carbons (Fsp3) is 1.00. The van der Waals surface area contributed by atoms with Crippen LogP contribution >= 0.6 is 0 Å². The third kappa shape index (κ3) is 11.6. The summed E-state index contributed by atoms with van der Waals surface area (Å²) in [5, 5.41) is 0. The molecule has 0 aromatic carbocycles. The van der Waals surface area contributed by atoms with E-state index >= 15 is 0 Å². The second kappa shape index (κ2) is 18.1. The number of hydrogen-bond donors (Lipinski definition) is 0. The SMILES string of the molecule is CCC[Si]O[Si](CCC)(CCC)O[Si](CCC)(CCC)O[Si](CCC)(CCC)CCC. The van der Waals surface area contributed by atoms with E-state index in [0.29, 0.717) is 9.76 Å². The van der Waals surface area contributed by atoms with Gasteiger partial charge in [0.2, 0.25) is 9.76 Å². The highest BCUT2D eigenvalue weighted by atomic mass is 28.5. The molecule has 0 aromatic heterocycles. The lowest BCUT2D eigenvalue weighted by Gasteiger charge is -2.46. The van der Waals surface area contributed by atoms with Gasteiger partial charge in [-0.15, -0.1) is 0 Å². The Kier molecular flexibility index (Phi) is 18.6. The lowest BCUT2D eigenvalue weighted by atomic mass is 10.6. The standard InChI is InChI=1S/C24H56O3Si4/c1-9-17-28-25-30(21-13-5,22-14-6)27-31(23-15-7,24-16-8)26-29(18-10-2,19-11-3)20-12-4/h9-24H2,1-8H3. The Morgan fingerprint density at radius 1 is 0.452 bits per heavy atom. The lowest BCUT2D eigenvalue weighted by molar-refractivity contribution is 0.301. The molecule has 3 nitrogen and oxygen atoms in total. The maximum absolute atomic E-state index is 7.60. The van der Waals surface area contributed by atoms with Crippen molar-refractivity contribution in [2.75, 3.05) is 0 Å². The first-order chi connectivity index (χ1) is 14.9. The molecule has 0 bridgehead atoms. The predicted octanol–water partition coefficient (Wildman–Crippen LogP) is 9.18. The van der Waals surface area contributed by atoms with Gasteiger partial charge in [-0.1, -0.05) is 107 Å². The Hall–Kier alpha value is 0.748. The van der Waals surface area contributed by atoms with E-state index in [1.54, 1.807) is 0 Å². The molecule has 186 valence electrons. The Balaban J connectivity index is 6.20. The van der Waals surface area contributed by atoms with Crippen LogP contribution in [0.25, 0.3) is 0 Å². The number of rotatable bonds is 22. The minimum atomic E-state index is -2.31. The second-order valence-corrected chi connectivity index (χ2v) is 22.2. The highest BCUT2D eigenvalue weighted by molar-refractivity contribution is 6.89. The lowest BCUT2D eigenvalue weighted by Crippen LogP contribution is -2.60. The Labute approximate surface area is 202 Å². The third-order valence-corrected chi connectivity index (χ3v) is 24.3. The smallest absolute Gasteiger partial charge is 0.319 e. The Morgan fingerprint density at radius 2 is 0.839 bits per heavy atom. The molecule has 0 unspecified atom stereocenters. The van der Waals surface area contributed by atoms with Gasteiger partial charge in [0.1, 0.15) is 0 Å². The van der Waals surface area contributed by atoms with E-state index in [9.17, 15) is 0 Å². The molecule has 0 aliphatic carbocycles. The molecule has 31 heavy (non-hydrogen) atoms. The summed E-state index contributed by atoms with van der Waals surface area (Å²) < 4.78 is 21.9. The summed E-state index contributed by atoms with van der Waals surface area (Å²) >= 11 is 0. The molecule has 0 saturated heterocycles. The average molecular weight is 505 g/mol. The summed E-state index contributed by atoms with van der Waals surface area (Å²) in [5.41, 5.74) is 0. The molecule has 7 heteroatoms. The van der Waals surface area contributed by atoms with E-state index in [0.717, 1.165) is 37.0 Å². The van der Waals surface area contributed by atoms with E-state index in [4.69, 9.17) is 12.3 Å². The van der Waals surface area contributed by atoms with Crippen LogP contribution in [0.4, 0.5) is 0 Å². The van der Waals surface area contributed by atoms with Crippen LogP contribution < -0.4 is 0 Å². The van der Waals surface area contributed by atoms with Crippen molar-refractivity contribution in [2.24, 2.45) is 0 Å². The maximum atomic E-state index is 7.60. The van der Waals surface area contributed by atoms with Crippen LogP contribution in [0, 0.1) is 0 Å². The molecule has 0 spiro atoms. The van der Waals surface area contributed by atoms with Crippen LogP contribution in [0.5, 0.6) is 0 Å². The van der Waals surface area contributed by atoms with Crippen molar-refractivity contribution < 1.29 is 12.3 Å². The normalized spacial score (nSPS) is 13.2. The van der Waals surface area contributed by atoms with Crippen LogP contribution in [-0.2, 0) is 12.3 Å². The summed E-state index contributed by atoms with van der Waals surface area (Å²) in [6.45, 7) is 18.6. The van der Waals surface area contributed by atoms with Gasteiger partial charge in [-0.2, -0.15) is 0 Å². The van der Waals surface area contributed by atoms with Gasteiger partial charge < -0.3 is 12.3 Å². The van der Waals surface area contributed by atoms with Crippen LogP contribution in [0.2, 0.25) is 48.4 Å². The topological polar surface area (TPSA) is 27.7 Å². The monoisotopic (exact) mass is 504 g/mol. The van der Waals surface area contributed by atoms with Crippen molar-refractivity contribution >= 4 is 35.2 Å². The molecule has 0 saturated carbocycles. The molecule has 0 aromatic rings. The first kappa shape index (κ1) is 31.7. The van der Waals surface area contributed by atoms with Crippen molar-refractivity contribution in [3.05, 3.63) is 0 Å². The van der Waals surface area contributed by atoms with Crippen LogP contribution in [0.15, 0.2) is 0 Å². The highest BCUT2D eigenvalue weighted by Crippen LogP contribution is 2.39. The van der Waals surface area contributed by atoms with Gasteiger partial charge >= 0.3 is 17.1 Å². The van der Waals surface area contributed by atoms with Gasteiger partial charge in [-0.05, 0) is 48.4 Å². The number of hydrogen-bond acceptors (Lipinski definition) is 3. The molecule has 0 aliphatic heterocycles. The van der Waals surface area contributed by atoms with Crippen LogP contribution in [0.1, 0.15) is 107 Å². The molecule has 0 fully saturated rings. The minimum Gasteiger partial charge on any atom is -0.436 e. The van der Waals surface area contributed by atoms with E-state index in [-0.39, 0.29) is 0 Å². The Bertz CT molecular complexity index is 395. The molecular formula is C24H56O3Si4. The molecule has 0 amide bonds. The van der Waals surface area contributed by atoms with E-state index in [1.807, 2.05) is 0 Å². The molecule has 0 aliphatic rings. The maximum Gasteiger partial charge on any atom is 0.319 e. The fourth-order valence-electron chi connectivity index (χ4n) is 5.14. The van der Waals surface area contributed by atoms with E-state index in [1.165, 1.54) is 62.7 Å². The van der Waals surface area contributed by atoms with Crippen LogP contribution in [0.3, 0.4) is 0 Å². The zero-order valence-corrected chi connectivity index (χ0v) is 26.5. The van der Waals surface area contributed by atoms with Gasteiger partial charge in [0.15, 0.2) is 8.32 Å². The quantitative estimate of drug-likeness (QED) is 0.109.